The monoisotopic (exact) mass is 313 g/mol. The summed E-state index contributed by atoms with van der Waals surface area (Å²) >= 11 is 5.22. The van der Waals surface area contributed by atoms with E-state index in [0.29, 0.717) is 0 Å². The molecule has 0 radical (unpaired) electrons. The van der Waals surface area contributed by atoms with Gasteiger partial charge in [0.25, 0.3) is 0 Å². The van der Waals surface area contributed by atoms with Crippen LogP contribution in [-0.4, -0.2) is 16.3 Å². The van der Waals surface area contributed by atoms with Gasteiger partial charge in [-0.15, -0.1) is 11.3 Å². The fraction of sp³-hybridized carbons (Fsp3) is 0.417. The van der Waals surface area contributed by atoms with Gasteiger partial charge in [-0.3, -0.25) is 4.68 Å². The minimum Gasteiger partial charge on any atom is -0.311 e. The highest BCUT2D eigenvalue weighted by molar-refractivity contribution is 9.10. The van der Waals surface area contributed by atoms with Crippen LogP contribution in [0, 0.1) is 0 Å². The maximum absolute atomic E-state index is 4.53. The van der Waals surface area contributed by atoms with E-state index < -0.39 is 0 Å². The first-order valence-electron chi connectivity index (χ1n) is 5.74. The molecule has 2 rings (SSSR count). The number of nitrogens with one attached hydrogen (secondary N) is 1. The first kappa shape index (κ1) is 12.8. The smallest absolute Gasteiger partial charge is 0.0762 e. The number of nitrogens with zero attached hydrogens (tertiary/aromatic N) is 2. The minimum absolute atomic E-state index is 0.851. The minimum atomic E-state index is 0.851. The van der Waals surface area contributed by atoms with Crippen molar-refractivity contribution >= 4 is 27.3 Å². The van der Waals surface area contributed by atoms with Crippen LogP contribution in [-0.2, 0) is 13.1 Å². The predicted octanol–water partition coefficient (Wildman–Crippen LogP) is 3.26. The number of hydrogen-bond donors (Lipinski definition) is 1. The van der Waals surface area contributed by atoms with Crippen molar-refractivity contribution in [1.82, 2.24) is 15.1 Å². The zero-order valence-corrected chi connectivity index (χ0v) is 12.2. The van der Waals surface area contributed by atoms with E-state index in [2.05, 4.69) is 50.8 Å². The second-order valence-corrected chi connectivity index (χ2v) is 5.82. The number of halogens is 1. The molecule has 0 unspecified atom stereocenters. The average Bonchev–Trinajstić information content (AvgIpc) is 2.90. The SMILES string of the molecule is CCCNCc1ccn(Cc2cc(Br)cs2)n1. The molecule has 0 aliphatic carbocycles. The van der Waals surface area contributed by atoms with Crippen LogP contribution in [0.5, 0.6) is 0 Å². The predicted molar refractivity (Wildman–Crippen MR) is 75.3 cm³/mol. The Morgan fingerprint density at radius 2 is 2.41 bits per heavy atom. The van der Waals surface area contributed by atoms with Crippen LogP contribution < -0.4 is 5.32 Å². The van der Waals surface area contributed by atoms with Crippen LogP contribution in [0.2, 0.25) is 0 Å². The third kappa shape index (κ3) is 3.94. The molecule has 92 valence electrons. The maximum Gasteiger partial charge on any atom is 0.0762 e. The quantitative estimate of drug-likeness (QED) is 0.830. The van der Waals surface area contributed by atoms with Crippen molar-refractivity contribution in [2.45, 2.75) is 26.4 Å². The van der Waals surface area contributed by atoms with Crippen molar-refractivity contribution in [2.75, 3.05) is 6.54 Å². The number of hydrogen-bond acceptors (Lipinski definition) is 3. The van der Waals surface area contributed by atoms with Crippen LogP contribution in [0.1, 0.15) is 23.9 Å². The van der Waals surface area contributed by atoms with Gasteiger partial charge in [-0.2, -0.15) is 5.10 Å². The van der Waals surface area contributed by atoms with E-state index in [4.69, 9.17) is 0 Å². The molecule has 0 saturated carbocycles. The molecule has 0 saturated heterocycles. The van der Waals surface area contributed by atoms with Crippen LogP contribution >= 0.6 is 27.3 Å². The van der Waals surface area contributed by atoms with E-state index in [1.54, 1.807) is 11.3 Å². The highest BCUT2D eigenvalue weighted by atomic mass is 79.9. The average molecular weight is 314 g/mol. The Morgan fingerprint density at radius 3 is 3.12 bits per heavy atom. The standard InChI is InChI=1S/C12H16BrN3S/c1-2-4-14-7-11-3-5-16(15-11)8-12-6-10(13)9-17-12/h3,5-6,9,14H,2,4,7-8H2,1H3. The summed E-state index contributed by atoms with van der Waals surface area (Å²) < 4.78 is 3.14. The lowest BCUT2D eigenvalue weighted by Crippen LogP contribution is -2.14. The van der Waals surface area contributed by atoms with Crippen molar-refractivity contribution in [3.05, 3.63) is 38.8 Å². The Labute approximate surface area is 114 Å². The van der Waals surface area contributed by atoms with E-state index in [9.17, 15) is 0 Å². The van der Waals surface area contributed by atoms with Gasteiger partial charge < -0.3 is 5.32 Å². The summed E-state index contributed by atoms with van der Waals surface area (Å²) in [4.78, 5) is 1.31. The van der Waals surface area contributed by atoms with Crippen molar-refractivity contribution in [1.29, 1.82) is 0 Å². The van der Waals surface area contributed by atoms with Crippen molar-refractivity contribution in [3.63, 3.8) is 0 Å². The van der Waals surface area contributed by atoms with Gasteiger partial charge in [-0.1, -0.05) is 6.92 Å². The Hall–Kier alpha value is -0.650. The molecule has 0 fully saturated rings. The molecule has 2 aromatic rings. The Balaban J connectivity index is 1.89. The largest absolute Gasteiger partial charge is 0.311 e. The van der Waals surface area contributed by atoms with Gasteiger partial charge in [0.05, 0.1) is 12.2 Å². The second kappa shape index (κ2) is 6.33. The summed E-state index contributed by atoms with van der Waals surface area (Å²) in [5, 5.41) is 9.98. The number of aromatic nitrogens is 2. The number of thiophene rings is 1. The molecule has 0 aromatic carbocycles. The molecule has 0 aliphatic rings. The van der Waals surface area contributed by atoms with E-state index in [1.165, 1.54) is 4.88 Å². The summed E-state index contributed by atoms with van der Waals surface area (Å²) in [6, 6.07) is 4.21. The van der Waals surface area contributed by atoms with E-state index in [0.717, 1.165) is 36.2 Å². The lowest BCUT2D eigenvalue weighted by Gasteiger charge is -2.00. The third-order valence-corrected chi connectivity index (χ3v) is 4.05. The Bertz CT molecular complexity index is 464. The highest BCUT2D eigenvalue weighted by Crippen LogP contribution is 2.20. The highest BCUT2D eigenvalue weighted by Gasteiger charge is 2.01. The molecule has 5 heteroatoms. The van der Waals surface area contributed by atoms with Gasteiger partial charge in [0.1, 0.15) is 0 Å². The molecule has 1 N–H and O–H groups in total. The van der Waals surface area contributed by atoms with Crippen molar-refractivity contribution in [2.24, 2.45) is 0 Å². The molecular weight excluding hydrogens is 298 g/mol. The van der Waals surface area contributed by atoms with E-state index in [-0.39, 0.29) is 0 Å². The molecular formula is C12H16BrN3S. The second-order valence-electron chi connectivity index (χ2n) is 3.91. The van der Waals surface area contributed by atoms with Crippen LogP contribution in [0.3, 0.4) is 0 Å². The molecule has 2 heterocycles. The fourth-order valence-electron chi connectivity index (χ4n) is 1.58. The summed E-state index contributed by atoms with van der Waals surface area (Å²) in [6.07, 6.45) is 3.19. The Morgan fingerprint density at radius 1 is 1.53 bits per heavy atom. The zero-order valence-electron chi connectivity index (χ0n) is 9.82. The molecule has 0 bridgehead atoms. The molecule has 0 aliphatic heterocycles. The van der Waals surface area contributed by atoms with Crippen LogP contribution in [0.15, 0.2) is 28.2 Å². The molecule has 0 amide bonds. The summed E-state index contributed by atoms with van der Waals surface area (Å²) in [6.45, 7) is 4.92. The first-order valence-corrected chi connectivity index (χ1v) is 7.41. The van der Waals surface area contributed by atoms with Gasteiger partial charge in [0.2, 0.25) is 0 Å². The van der Waals surface area contributed by atoms with Crippen molar-refractivity contribution < 1.29 is 0 Å². The first-order chi connectivity index (χ1) is 8.28. The zero-order chi connectivity index (χ0) is 12.1. The van der Waals surface area contributed by atoms with Gasteiger partial charge in [-0.05, 0) is 41.0 Å². The van der Waals surface area contributed by atoms with Gasteiger partial charge in [0.15, 0.2) is 0 Å². The lowest BCUT2D eigenvalue weighted by molar-refractivity contribution is 0.631. The Kier molecular flexibility index (Phi) is 4.76. The molecule has 0 atom stereocenters. The molecule has 2 aromatic heterocycles. The summed E-state index contributed by atoms with van der Waals surface area (Å²) in [7, 11) is 0. The molecule has 3 nitrogen and oxygen atoms in total. The van der Waals surface area contributed by atoms with Gasteiger partial charge >= 0.3 is 0 Å². The van der Waals surface area contributed by atoms with Gasteiger partial charge in [-0.25, -0.2) is 0 Å². The lowest BCUT2D eigenvalue weighted by atomic mass is 10.4. The number of rotatable bonds is 6. The van der Waals surface area contributed by atoms with Crippen LogP contribution in [0.25, 0.3) is 0 Å². The normalized spacial score (nSPS) is 10.9. The summed E-state index contributed by atoms with van der Waals surface area (Å²) in [5.74, 6) is 0. The molecule has 0 spiro atoms. The van der Waals surface area contributed by atoms with E-state index >= 15 is 0 Å². The van der Waals surface area contributed by atoms with Gasteiger partial charge in [0, 0.05) is 27.5 Å². The topological polar surface area (TPSA) is 29.9 Å². The van der Waals surface area contributed by atoms with Crippen LogP contribution in [0.4, 0.5) is 0 Å². The summed E-state index contributed by atoms with van der Waals surface area (Å²) in [5.41, 5.74) is 1.11. The van der Waals surface area contributed by atoms with Crippen molar-refractivity contribution in [3.8, 4) is 0 Å². The fourth-order valence-corrected chi connectivity index (χ4v) is 3.02. The van der Waals surface area contributed by atoms with E-state index in [1.807, 2.05) is 10.9 Å². The molecule has 17 heavy (non-hydrogen) atoms. The third-order valence-electron chi connectivity index (χ3n) is 2.37. The maximum atomic E-state index is 4.53.